The standard InChI is InChI=1S/C17H16Cl2N2O2/c18-12-4-5-13(19)14(6-12)23-10-17-7-11(17)8-21(9-17)15-2-1-3-16(22)20-15/h1-6,11H,7-10H2,(H,20,22). The number of ether oxygens (including phenoxy) is 1. The zero-order valence-electron chi connectivity index (χ0n) is 12.4. The van der Waals surface area contributed by atoms with Crippen molar-refractivity contribution in [2.45, 2.75) is 6.42 Å². The van der Waals surface area contributed by atoms with Gasteiger partial charge in [0.2, 0.25) is 5.56 Å². The molecule has 0 radical (unpaired) electrons. The summed E-state index contributed by atoms with van der Waals surface area (Å²) in [6.07, 6.45) is 1.15. The molecule has 0 amide bonds. The van der Waals surface area contributed by atoms with Gasteiger partial charge < -0.3 is 14.6 Å². The third-order valence-electron chi connectivity index (χ3n) is 4.81. The molecule has 0 spiro atoms. The lowest BCUT2D eigenvalue weighted by Crippen LogP contribution is -2.29. The summed E-state index contributed by atoms with van der Waals surface area (Å²) in [6.45, 7) is 2.45. The lowest BCUT2D eigenvalue weighted by atomic mass is 10.1. The van der Waals surface area contributed by atoms with E-state index in [0.717, 1.165) is 25.3 Å². The maximum atomic E-state index is 11.5. The summed E-state index contributed by atoms with van der Waals surface area (Å²) < 4.78 is 5.94. The molecule has 1 aromatic heterocycles. The van der Waals surface area contributed by atoms with Crippen LogP contribution in [-0.4, -0.2) is 24.7 Å². The van der Waals surface area contributed by atoms with Crippen molar-refractivity contribution in [2.75, 3.05) is 24.6 Å². The summed E-state index contributed by atoms with van der Waals surface area (Å²) in [5.41, 5.74) is 0.0809. The fourth-order valence-electron chi connectivity index (χ4n) is 3.43. The fourth-order valence-corrected chi connectivity index (χ4v) is 3.76. The van der Waals surface area contributed by atoms with E-state index in [1.54, 1.807) is 24.3 Å². The number of aromatic nitrogens is 1. The van der Waals surface area contributed by atoms with Gasteiger partial charge in [0, 0.05) is 35.7 Å². The number of benzene rings is 1. The topological polar surface area (TPSA) is 45.3 Å². The van der Waals surface area contributed by atoms with Gasteiger partial charge in [-0.25, -0.2) is 0 Å². The molecule has 1 aliphatic carbocycles. The quantitative estimate of drug-likeness (QED) is 0.916. The zero-order valence-corrected chi connectivity index (χ0v) is 13.9. The lowest BCUT2D eigenvalue weighted by molar-refractivity contribution is 0.238. The molecule has 1 N–H and O–H groups in total. The Bertz CT molecular complexity index is 807. The van der Waals surface area contributed by atoms with Crippen molar-refractivity contribution in [2.24, 2.45) is 11.3 Å². The SMILES string of the molecule is O=c1cccc(N2CC3CC3(COc3cc(Cl)ccc3Cl)C2)[nH]1. The third kappa shape index (κ3) is 2.81. The second-order valence-electron chi connectivity index (χ2n) is 6.41. The number of hydrogen-bond donors (Lipinski definition) is 1. The van der Waals surface area contributed by atoms with Gasteiger partial charge in [0.1, 0.15) is 11.6 Å². The van der Waals surface area contributed by atoms with Gasteiger partial charge in [0.25, 0.3) is 0 Å². The Morgan fingerprint density at radius 1 is 1.30 bits per heavy atom. The Kier molecular flexibility index (Phi) is 3.54. The van der Waals surface area contributed by atoms with Gasteiger partial charge in [-0.1, -0.05) is 29.3 Å². The number of nitrogens with one attached hydrogen (secondary N) is 1. The number of fused-ring (bicyclic) bond motifs is 1. The van der Waals surface area contributed by atoms with Crippen molar-refractivity contribution in [3.63, 3.8) is 0 Å². The third-order valence-corrected chi connectivity index (χ3v) is 5.35. The second-order valence-corrected chi connectivity index (χ2v) is 7.25. The molecule has 4 nitrogen and oxygen atoms in total. The Labute approximate surface area is 144 Å². The van der Waals surface area contributed by atoms with Crippen LogP contribution >= 0.6 is 23.2 Å². The second kappa shape index (κ2) is 5.46. The van der Waals surface area contributed by atoms with Crippen molar-refractivity contribution in [3.8, 4) is 5.75 Å². The number of hydrogen-bond acceptors (Lipinski definition) is 3. The van der Waals surface area contributed by atoms with E-state index in [-0.39, 0.29) is 11.0 Å². The summed E-state index contributed by atoms with van der Waals surface area (Å²) in [5.74, 6) is 2.11. The summed E-state index contributed by atoms with van der Waals surface area (Å²) in [5, 5.41) is 1.19. The number of anilines is 1. The van der Waals surface area contributed by atoms with Gasteiger partial charge >= 0.3 is 0 Å². The highest BCUT2D eigenvalue weighted by atomic mass is 35.5. The molecule has 2 unspecified atom stereocenters. The van der Waals surface area contributed by atoms with Crippen LogP contribution in [-0.2, 0) is 0 Å². The molecule has 2 atom stereocenters. The van der Waals surface area contributed by atoms with E-state index in [1.165, 1.54) is 6.07 Å². The Morgan fingerprint density at radius 3 is 3.00 bits per heavy atom. The van der Waals surface area contributed by atoms with Crippen molar-refractivity contribution < 1.29 is 4.74 Å². The predicted molar refractivity (Wildman–Crippen MR) is 91.8 cm³/mol. The first-order valence-corrected chi connectivity index (χ1v) is 8.33. The Balaban J connectivity index is 1.45. The molecule has 4 rings (SSSR count). The molecule has 120 valence electrons. The molecule has 1 aliphatic heterocycles. The van der Waals surface area contributed by atoms with Crippen LogP contribution in [0.3, 0.4) is 0 Å². The summed E-state index contributed by atoms with van der Waals surface area (Å²) in [6, 6.07) is 10.5. The molecule has 2 fully saturated rings. The van der Waals surface area contributed by atoms with E-state index in [1.807, 2.05) is 6.07 Å². The normalized spacial score (nSPS) is 25.3. The highest BCUT2D eigenvalue weighted by molar-refractivity contribution is 6.34. The molecule has 0 bridgehead atoms. The van der Waals surface area contributed by atoms with Crippen molar-refractivity contribution in [1.29, 1.82) is 0 Å². The highest BCUT2D eigenvalue weighted by Gasteiger charge is 2.60. The molecule has 1 saturated heterocycles. The molecule has 1 saturated carbocycles. The molecule has 1 aromatic carbocycles. The van der Waals surface area contributed by atoms with Gasteiger partial charge in [-0.15, -0.1) is 0 Å². The minimum atomic E-state index is -0.0703. The number of aromatic amines is 1. The van der Waals surface area contributed by atoms with E-state index in [4.69, 9.17) is 27.9 Å². The van der Waals surface area contributed by atoms with Gasteiger partial charge in [0.15, 0.2) is 0 Å². The largest absolute Gasteiger partial charge is 0.491 e. The number of halogens is 2. The van der Waals surface area contributed by atoms with Crippen LogP contribution < -0.4 is 15.2 Å². The Hall–Kier alpha value is -1.65. The van der Waals surface area contributed by atoms with E-state index >= 15 is 0 Å². The average Bonchev–Trinajstić information content (AvgIpc) is 3.09. The van der Waals surface area contributed by atoms with Crippen LogP contribution in [0.4, 0.5) is 5.82 Å². The van der Waals surface area contributed by atoms with Crippen LogP contribution in [0.15, 0.2) is 41.2 Å². The van der Waals surface area contributed by atoms with Crippen LogP contribution in [0.1, 0.15) is 6.42 Å². The van der Waals surface area contributed by atoms with E-state index in [9.17, 15) is 4.79 Å². The summed E-state index contributed by atoms with van der Waals surface area (Å²) >= 11 is 12.1. The number of H-pyrrole nitrogens is 1. The minimum Gasteiger partial charge on any atom is -0.491 e. The first-order chi connectivity index (χ1) is 11.1. The van der Waals surface area contributed by atoms with Crippen molar-refractivity contribution in [1.82, 2.24) is 4.98 Å². The monoisotopic (exact) mass is 350 g/mol. The van der Waals surface area contributed by atoms with Crippen LogP contribution in [0.5, 0.6) is 5.75 Å². The van der Waals surface area contributed by atoms with Crippen molar-refractivity contribution in [3.05, 3.63) is 56.8 Å². The van der Waals surface area contributed by atoms with E-state index in [2.05, 4.69) is 9.88 Å². The molecule has 2 aliphatic rings. The number of nitrogens with zero attached hydrogens (tertiary/aromatic N) is 1. The Morgan fingerprint density at radius 2 is 2.17 bits per heavy atom. The first kappa shape index (κ1) is 14.9. The highest BCUT2D eigenvalue weighted by Crippen LogP contribution is 2.58. The average molecular weight is 351 g/mol. The van der Waals surface area contributed by atoms with E-state index < -0.39 is 0 Å². The molecule has 2 aromatic rings. The maximum Gasteiger partial charge on any atom is 0.249 e. The van der Waals surface area contributed by atoms with E-state index in [0.29, 0.717) is 28.3 Å². The number of piperidine rings is 1. The van der Waals surface area contributed by atoms with Gasteiger partial charge in [-0.3, -0.25) is 4.79 Å². The van der Waals surface area contributed by atoms with Crippen LogP contribution in [0.2, 0.25) is 10.0 Å². The molecule has 6 heteroatoms. The van der Waals surface area contributed by atoms with Crippen molar-refractivity contribution >= 4 is 29.0 Å². The molecule has 23 heavy (non-hydrogen) atoms. The first-order valence-electron chi connectivity index (χ1n) is 7.58. The zero-order chi connectivity index (χ0) is 16.0. The molecular weight excluding hydrogens is 335 g/mol. The number of pyridine rings is 1. The smallest absolute Gasteiger partial charge is 0.249 e. The summed E-state index contributed by atoms with van der Waals surface area (Å²) in [4.78, 5) is 16.6. The lowest BCUT2D eigenvalue weighted by Gasteiger charge is -2.22. The van der Waals surface area contributed by atoms with Gasteiger partial charge in [-0.2, -0.15) is 0 Å². The summed E-state index contributed by atoms with van der Waals surface area (Å²) in [7, 11) is 0. The minimum absolute atomic E-state index is 0.0703. The maximum absolute atomic E-state index is 11.5. The van der Waals surface area contributed by atoms with Gasteiger partial charge in [0.05, 0.1) is 11.6 Å². The number of rotatable bonds is 4. The predicted octanol–water partition coefficient (Wildman–Crippen LogP) is 3.59. The molecule has 2 heterocycles. The van der Waals surface area contributed by atoms with Crippen LogP contribution in [0, 0.1) is 11.3 Å². The van der Waals surface area contributed by atoms with Gasteiger partial charge in [-0.05, 0) is 30.5 Å². The fraction of sp³-hybridized carbons (Fsp3) is 0.353. The van der Waals surface area contributed by atoms with Crippen LogP contribution in [0.25, 0.3) is 0 Å². The molecular formula is C17H16Cl2N2O2.